The first-order chi connectivity index (χ1) is 21.6. The molecule has 0 radical (unpaired) electrons. The van der Waals surface area contributed by atoms with Crippen molar-refractivity contribution in [1.29, 1.82) is 0 Å². The van der Waals surface area contributed by atoms with Crippen LogP contribution in [0.2, 0.25) is 0 Å². The molecule has 0 spiro atoms. The maximum Gasteiger partial charge on any atom is 0.220 e. The molecule has 0 aliphatic rings. The van der Waals surface area contributed by atoms with Gasteiger partial charge in [0, 0.05) is 6.42 Å². The third-order valence-electron chi connectivity index (χ3n) is 9.46. The van der Waals surface area contributed by atoms with Gasteiger partial charge in [0.25, 0.3) is 0 Å². The van der Waals surface area contributed by atoms with E-state index in [0.717, 1.165) is 38.5 Å². The normalized spacial score (nSPS) is 13.7. The average molecular weight is 626 g/mol. The van der Waals surface area contributed by atoms with Gasteiger partial charge in [0.15, 0.2) is 0 Å². The van der Waals surface area contributed by atoms with Crippen molar-refractivity contribution >= 4 is 5.91 Å². The molecule has 0 fully saturated rings. The van der Waals surface area contributed by atoms with Crippen LogP contribution in [0, 0.1) is 0 Å². The molecule has 264 valence electrons. The molecular weight excluding hydrogens is 546 g/mol. The second kappa shape index (κ2) is 35.2. The number of hydrogen-bond acceptors (Lipinski definition) is 4. The van der Waals surface area contributed by atoms with Gasteiger partial charge >= 0.3 is 0 Å². The molecule has 5 heteroatoms. The first kappa shape index (κ1) is 43.4. The molecule has 0 rings (SSSR count). The lowest BCUT2D eigenvalue weighted by Gasteiger charge is -2.26. The molecule has 0 aliphatic heterocycles. The smallest absolute Gasteiger partial charge is 0.220 e. The van der Waals surface area contributed by atoms with Crippen LogP contribution in [0.15, 0.2) is 0 Å². The van der Waals surface area contributed by atoms with Crippen molar-refractivity contribution in [2.75, 3.05) is 6.61 Å². The number of aliphatic hydroxyl groups excluding tert-OH is 3. The van der Waals surface area contributed by atoms with E-state index in [4.69, 9.17) is 0 Å². The summed E-state index contributed by atoms with van der Waals surface area (Å²) >= 11 is 0. The highest BCUT2D eigenvalue weighted by atomic mass is 16.3. The molecule has 5 nitrogen and oxygen atoms in total. The van der Waals surface area contributed by atoms with Crippen LogP contribution < -0.4 is 5.32 Å². The fourth-order valence-electron chi connectivity index (χ4n) is 6.34. The summed E-state index contributed by atoms with van der Waals surface area (Å²) in [5.74, 6) is -0.142. The minimum absolute atomic E-state index is 0.142. The Labute approximate surface area is 275 Å². The van der Waals surface area contributed by atoms with E-state index in [9.17, 15) is 20.1 Å². The highest BCUT2D eigenvalue weighted by Crippen LogP contribution is 2.16. The van der Waals surface area contributed by atoms with Crippen LogP contribution in [0.1, 0.15) is 219 Å². The summed E-state index contributed by atoms with van der Waals surface area (Å²) in [5, 5.41) is 33.4. The quantitative estimate of drug-likeness (QED) is 0.0521. The zero-order chi connectivity index (χ0) is 32.4. The molecule has 0 aromatic rings. The van der Waals surface area contributed by atoms with Gasteiger partial charge in [-0.1, -0.05) is 200 Å². The molecule has 0 heterocycles. The van der Waals surface area contributed by atoms with Crippen molar-refractivity contribution in [2.45, 2.75) is 238 Å². The Balaban J connectivity index is 3.59. The number of carbonyl (C=O) groups is 1. The predicted molar refractivity (Wildman–Crippen MR) is 190 cm³/mol. The number of carbonyl (C=O) groups excluding carboxylic acids is 1. The van der Waals surface area contributed by atoms with Crippen molar-refractivity contribution in [1.82, 2.24) is 5.32 Å². The van der Waals surface area contributed by atoms with Crippen LogP contribution in [-0.2, 0) is 4.79 Å². The summed E-state index contributed by atoms with van der Waals surface area (Å²) in [6, 6.07) is -0.800. The van der Waals surface area contributed by atoms with Crippen molar-refractivity contribution in [2.24, 2.45) is 0 Å². The lowest BCUT2D eigenvalue weighted by molar-refractivity contribution is -0.124. The van der Waals surface area contributed by atoms with Crippen LogP contribution in [0.5, 0.6) is 0 Å². The molecule has 0 aromatic heterocycles. The Morgan fingerprint density at radius 1 is 0.477 bits per heavy atom. The number of rotatable bonds is 36. The van der Waals surface area contributed by atoms with E-state index in [1.54, 1.807) is 0 Å². The topological polar surface area (TPSA) is 89.8 Å². The van der Waals surface area contributed by atoms with E-state index in [-0.39, 0.29) is 12.5 Å². The average Bonchev–Trinajstić information content (AvgIpc) is 3.03. The largest absolute Gasteiger partial charge is 0.394 e. The maximum absolute atomic E-state index is 12.4. The standard InChI is InChI=1S/C39H79NO4/c1-3-5-7-9-11-13-15-16-17-18-19-20-21-22-24-26-28-30-32-34-38(43)40-36(35-41)39(44)37(42)33-31-29-27-25-23-14-12-10-8-6-4-2/h36-37,39,41-42,44H,3-35H2,1-2H3,(H,40,43). The number of nitrogens with one attached hydrogen (secondary N) is 1. The van der Waals surface area contributed by atoms with E-state index >= 15 is 0 Å². The van der Waals surface area contributed by atoms with Gasteiger partial charge < -0.3 is 20.6 Å². The fourth-order valence-corrected chi connectivity index (χ4v) is 6.34. The molecule has 3 unspecified atom stereocenters. The third-order valence-corrected chi connectivity index (χ3v) is 9.46. The Kier molecular flexibility index (Phi) is 34.7. The van der Waals surface area contributed by atoms with Gasteiger partial charge in [0.05, 0.1) is 18.8 Å². The molecule has 3 atom stereocenters. The Bertz CT molecular complexity index is 572. The molecule has 1 amide bonds. The first-order valence-electron chi connectivity index (χ1n) is 19.8. The summed E-state index contributed by atoms with van der Waals surface area (Å²) in [6.07, 6.45) is 37.7. The van der Waals surface area contributed by atoms with Crippen LogP contribution in [0.4, 0.5) is 0 Å². The van der Waals surface area contributed by atoms with Crippen molar-refractivity contribution in [3.8, 4) is 0 Å². The van der Waals surface area contributed by atoms with E-state index < -0.39 is 18.2 Å². The number of hydrogen-bond donors (Lipinski definition) is 4. The molecule has 0 aromatic carbocycles. The third kappa shape index (κ3) is 30.0. The monoisotopic (exact) mass is 626 g/mol. The second-order valence-corrected chi connectivity index (χ2v) is 13.9. The van der Waals surface area contributed by atoms with Gasteiger partial charge in [0.1, 0.15) is 6.10 Å². The van der Waals surface area contributed by atoms with E-state index in [1.807, 2.05) is 0 Å². The van der Waals surface area contributed by atoms with E-state index in [0.29, 0.717) is 12.8 Å². The van der Waals surface area contributed by atoms with Crippen LogP contribution >= 0.6 is 0 Å². The highest BCUT2D eigenvalue weighted by molar-refractivity contribution is 5.76. The molecule has 44 heavy (non-hydrogen) atoms. The van der Waals surface area contributed by atoms with Crippen molar-refractivity contribution < 1.29 is 20.1 Å². The molecule has 0 saturated heterocycles. The lowest BCUT2D eigenvalue weighted by atomic mass is 9.99. The van der Waals surface area contributed by atoms with Crippen LogP contribution in [-0.4, -0.2) is 46.1 Å². The van der Waals surface area contributed by atoms with Crippen LogP contribution in [0.3, 0.4) is 0 Å². The van der Waals surface area contributed by atoms with E-state index in [1.165, 1.54) is 154 Å². The van der Waals surface area contributed by atoms with Gasteiger partial charge in [-0.25, -0.2) is 0 Å². The maximum atomic E-state index is 12.4. The van der Waals surface area contributed by atoms with Crippen molar-refractivity contribution in [3.05, 3.63) is 0 Å². The minimum Gasteiger partial charge on any atom is -0.394 e. The van der Waals surface area contributed by atoms with Crippen LogP contribution in [0.25, 0.3) is 0 Å². The van der Waals surface area contributed by atoms with Gasteiger partial charge in [-0.05, 0) is 12.8 Å². The van der Waals surface area contributed by atoms with Gasteiger partial charge in [0.2, 0.25) is 5.91 Å². The molecular formula is C39H79NO4. The molecule has 0 aliphatic carbocycles. The number of amides is 1. The predicted octanol–water partition coefficient (Wildman–Crippen LogP) is 10.7. The van der Waals surface area contributed by atoms with Crippen molar-refractivity contribution in [3.63, 3.8) is 0 Å². The van der Waals surface area contributed by atoms with Gasteiger partial charge in [-0.15, -0.1) is 0 Å². The second-order valence-electron chi connectivity index (χ2n) is 13.9. The zero-order valence-electron chi connectivity index (χ0n) is 29.8. The Morgan fingerprint density at radius 2 is 0.773 bits per heavy atom. The Morgan fingerprint density at radius 3 is 1.09 bits per heavy atom. The van der Waals surface area contributed by atoms with E-state index in [2.05, 4.69) is 19.2 Å². The summed E-state index contributed by atoms with van der Waals surface area (Å²) in [7, 11) is 0. The zero-order valence-corrected chi connectivity index (χ0v) is 29.8. The SMILES string of the molecule is CCCCCCCCCCCCCCCCCCCCCC(=O)NC(CO)C(O)C(O)CCCCCCCCCCCCC. The summed E-state index contributed by atoms with van der Waals surface area (Å²) < 4.78 is 0. The number of unbranched alkanes of at least 4 members (excludes halogenated alkanes) is 28. The van der Waals surface area contributed by atoms with Gasteiger partial charge in [-0.2, -0.15) is 0 Å². The molecule has 0 bridgehead atoms. The minimum atomic E-state index is -1.13. The molecule has 4 N–H and O–H groups in total. The first-order valence-corrected chi connectivity index (χ1v) is 19.8. The summed E-state index contributed by atoms with van der Waals surface area (Å²) in [6.45, 7) is 4.17. The Hall–Kier alpha value is -0.650. The van der Waals surface area contributed by atoms with Gasteiger partial charge in [-0.3, -0.25) is 4.79 Å². The lowest BCUT2D eigenvalue weighted by Crippen LogP contribution is -2.50. The fraction of sp³-hybridized carbons (Fsp3) is 0.974. The summed E-state index contributed by atoms with van der Waals surface area (Å²) in [5.41, 5.74) is 0. The number of aliphatic hydroxyl groups is 3. The summed E-state index contributed by atoms with van der Waals surface area (Å²) in [4.78, 5) is 12.4. The molecule has 0 saturated carbocycles. The highest BCUT2D eigenvalue weighted by Gasteiger charge is 2.26.